The third kappa shape index (κ3) is 3.45. The molecule has 1 aromatic heterocycles. The maximum Gasteiger partial charge on any atom is 0.330 e. The van der Waals surface area contributed by atoms with E-state index < -0.39 is 17.9 Å². The first kappa shape index (κ1) is 17.7. The number of nitrogens with one attached hydrogen (secondary N) is 1. The topological polar surface area (TPSA) is 84.2 Å². The Hall–Kier alpha value is -3.12. The van der Waals surface area contributed by atoms with Crippen molar-refractivity contribution in [1.82, 2.24) is 15.1 Å². The van der Waals surface area contributed by atoms with E-state index >= 15 is 0 Å². The lowest BCUT2D eigenvalue weighted by molar-refractivity contribution is -0.139. The van der Waals surface area contributed by atoms with Crippen LogP contribution < -0.4 is 5.32 Å². The number of rotatable bonds is 5. The summed E-state index contributed by atoms with van der Waals surface area (Å²) >= 11 is 6.26. The zero-order valence-electron chi connectivity index (χ0n) is 13.9. The molecule has 2 N–H and O–H groups in total. The first-order valence-electron chi connectivity index (χ1n) is 7.85. The molecule has 1 heterocycles. The summed E-state index contributed by atoms with van der Waals surface area (Å²) in [5.41, 5.74) is 1.72. The smallest absolute Gasteiger partial charge is 0.330 e. The molecule has 6 nitrogen and oxygen atoms in total. The molecule has 132 valence electrons. The second-order valence-electron chi connectivity index (χ2n) is 5.66. The predicted molar refractivity (Wildman–Crippen MR) is 97.9 cm³/mol. The van der Waals surface area contributed by atoms with Gasteiger partial charge in [-0.15, -0.1) is 0 Å². The highest BCUT2D eigenvalue weighted by Gasteiger charge is 2.28. The number of nitrogens with zero attached hydrogens (tertiary/aromatic N) is 2. The molecule has 1 atom stereocenters. The molecular weight excluding hydrogens is 354 g/mol. The molecule has 26 heavy (non-hydrogen) atoms. The Labute approximate surface area is 155 Å². The van der Waals surface area contributed by atoms with Crippen LogP contribution in [-0.4, -0.2) is 26.8 Å². The molecule has 0 unspecified atom stereocenters. The third-order valence-corrected chi connectivity index (χ3v) is 4.34. The second-order valence-corrected chi connectivity index (χ2v) is 6.02. The molecule has 0 aliphatic heterocycles. The number of hydrogen-bond donors (Lipinski definition) is 2. The van der Waals surface area contributed by atoms with Crippen LogP contribution in [0, 0.1) is 0 Å². The van der Waals surface area contributed by atoms with Gasteiger partial charge in [0.05, 0.1) is 0 Å². The maximum absolute atomic E-state index is 12.8. The molecule has 0 aliphatic rings. The minimum Gasteiger partial charge on any atom is -0.479 e. The van der Waals surface area contributed by atoms with Crippen LogP contribution in [0.15, 0.2) is 60.7 Å². The fourth-order valence-electron chi connectivity index (χ4n) is 2.64. The van der Waals surface area contributed by atoms with E-state index in [9.17, 15) is 14.7 Å². The Morgan fingerprint density at radius 1 is 1.08 bits per heavy atom. The summed E-state index contributed by atoms with van der Waals surface area (Å²) in [6.45, 7) is 0. The van der Waals surface area contributed by atoms with E-state index in [1.807, 2.05) is 18.2 Å². The van der Waals surface area contributed by atoms with Gasteiger partial charge in [0.15, 0.2) is 6.04 Å². The molecule has 0 aliphatic carbocycles. The number of carbonyl (C=O) groups excluding carboxylic acids is 1. The van der Waals surface area contributed by atoms with E-state index in [0.717, 1.165) is 0 Å². The van der Waals surface area contributed by atoms with Gasteiger partial charge in [0.1, 0.15) is 16.4 Å². The van der Waals surface area contributed by atoms with Crippen LogP contribution in [0.25, 0.3) is 11.3 Å². The van der Waals surface area contributed by atoms with E-state index in [0.29, 0.717) is 16.8 Å². The van der Waals surface area contributed by atoms with Crippen molar-refractivity contribution in [1.29, 1.82) is 0 Å². The van der Waals surface area contributed by atoms with Crippen molar-refractivity contribution in [2.45, 2.75) is 6.04 Å². The van der Waals surface area contributed by atoms with Gasteiger partial charge in [-0.1, -0.05) is 72.3 Å². The Bertz CT molecular complexity index is 939. The number of amides is 1. The van der Waals surface area contributed by atoms with Gasteiger partial charge in [-0.25, -0.2) is 4.79 Å². The lowest BCUT2D eigenvalue weighted by Gasteiger charge is -2.15. The number of halogens is 1. The summed E-state index contributed by atoms with van der Waals surface area (Å²) in [6.07, 6.45) is 0. The van der Waals surface area contributed by atoms with Crippen LogP contribution in [0.2, 0.25) is 5.15 Å². The maximum atomic E-state index is 12.8. The van der Waals surface area contributed by atoms with Gasteiger partial charge in [0.25, 0.3) is 5.91 Å². The van der Waals surface area contributed by atoms with E-state index in [4.69, 9.17) is 11.6 Å². The van der Waals surface area contributed by atoms with Crippen molar-refractivity contribution in [2.75, 3.05) is 0 Å². The molecule has 0 spiro atoms. The lowest BCUT2D eigenvalue weighted by atomic mass is 10.0. The highest BCUT2D eigenvalue weighted by Crippen LogP contribution is 2.28. The average Bonchev–Trinajstić information content (AvgIpc) is 2.96. The number of aliphatic carboxylic acids is 1. The van der Waals surface area contributed by atoms with Crippen LogP contribution in [0.3, 0.4) is 0 Å². The third-order valence-electron chi connectivity index (χ3n) is 3.91. The summed E-state index contributed by atoms with van der Waals surface area (Å²) < 4.78 is 1.39. The summed E-state index contributed by atoms with van der Waals surface area (Å²) in [4.78, 5) is 24.5. The minimum atomic E-state index is -1.19. The van der Waals surface area contributed by atoms with Gasteiger partial charge < -0.3 is 10.4 Å². The van der Waals surface area contributed by atoms with E-state index in [-0.39, 0.29) is 10.7 Å². The van der Waals surface area contributed by atoms with Crippen LogP contribution in [0.1, 0.15) is 22.0 Å². The molecule has 0 bridgehead atoms. The number of aryl methyl sites for hydroxylation is 1. The Balaban J connectivity index is 1.99. The van der Waals surface area contributed by atoms with Gasteiger partial charge in [-0.05, 0) is 5.56 Å². The van der Waals surface area contributed by atoms with Gasteiger partial charge in [0, 0.05) is 12.6 Å². The van der Waals surface area contributed by atoms with Crippen LogP contribution >= 0.6 is 11.6 Å². The van der Waals surface area contributed by atoms with Gasteiger partial charge >= 0.3 is 5.97 Å². The SMILES string of the molecule is Cn1nc(-c2ccccc2)c(C(=O)N[C@H](C(=O)O)c2ccccc2)c1Cl. The van der Waals surface area contributed by atoms with Crippen LogP contribution in [0.5, 0.6) is 0 Å². The Morgan fingerprint density at radius 2 is 1.65 bits per heavy atom. The highest BCUT2D eigenvalue weighted by molar-refractivity contribution is 6.33. The zero-order chi connectivity index (χ0) is 18.7. The van der Waals surface area contributed by atoms with Crippen LogP contribution in [-0.2, 0) is 11.8 Å². The highest BCUT2D eigenvalue weighted by atomic mass is 35.5. The van der Waals surface area contributed by atoms with Gasteiger partial charge in [-0.2, -0.15) is 5.10 Å². The first-order chi connectivity index (χ1) is 12.5. The molecule has 1 amide bonds. The minimum absolute atomic E-state index is 0.138. The van der Waals surface area contributed by atoms with Crippen LogP contribution in [0.4, 0.5) is 0 Å². The molecule has 0 saturated heterocycles. The van der Waals surface area contributed by atoms with Crippen molar-refractivity contribution in [2.24, 2.45) is 7.05 Å². The monoisotopic (exact) mass is 369 g/mol. The summed E-state index contributed by atoms with van der Waals surface area (Å²) in [7, 11) is 1.62. The fourth-order valence-corrected chi connectivity index (χ4v) is 2.85. The van der Waals surface area contributed by atoms with Gasteiger partial charge in [0.2, 0.25) is 0 Å². The molecular formula is C19H16ClN3O3. The second kappa shape index (κ2) is 7.41. The number of carboxylic acid groups (broad SMARTS) is 1. The van der Waals surface area contributed by atoms with E-state index in [2.05, 4.69) is 10.4 Å². The summed E-state index contributed by atoms with van der Waals surface area (Å²) in [6, 6.07) is 16.4. The lowest BCUT2D eigenvalue weighted by Crippen LogP contribution is -2.34. The Morgan fingerprint density at radius 3 is 2.23 bits per heavy atom. The summed E-state index contributed by atoms with van der Waals surface area (Å²) in [5, 5.41) is 16.5. The molecule has 2 aromatic carbocycles. The standard InChI is InChI=1S/C19H16ClN3O3/c1-23-17(20)14(15(22-23)12-8-4-2-5-9-12)18(24)21-16(19(25)26)13-10-6-3-7-11-13/h2-11,16H,1H3,(H,21,24)(H,25,26)/t16-/m0/s1. The van der Waals surface area contributed by atoms with Crippen molar-refractivity contribution in [3.05, 3.63) is 76.9 Å². The normalized spacial score (nSPS) is 11.8. The molecule has 7 heteroatoms. The fraction of sp³-hybridized carbons (Fsp3) is 0.105. The van der Waals surface area contributed by atoms with E-state index in [1.54, 1.807) is 49.5 Å². The quantitative estimate of drug-likeness (QED) is 0.722. The number of hydrogen-bond acceptors (Lipinski definition) is 3. The molecule has 0 saturated carbocycles. The first-order valence-corrected chi connectivity index (χ1v) is 8.23. The average molecular weight is 370 g/mol. The summed E-state index contributed by atoms with van der Waals surface area (Å²) in [5.74, 6) is -1.76. The van der Waals surface area contributed by atoms with Crippen molar-refractivity contribution >= 4 is 23.5 Å². The van der Waals surface area contributed by atoms with Crippen molar-refractivity contribution in [3.63, 3.8) is 0 Å². The number of benzene rings is 2. The number of carbonyl (C=O) groups is 2. The molecule has 3 rings (SSSR count). The van der Waals surface area contributed by atoms with E-state index in [1.165, 1.54) is 4.68 Å². The molecule has 0 radical (unpaired) electrons. The molecule has 3 aromatic rings. The zero-order valence-corrected chi connectivity index (χ0v) is 14.6. The number of aromatic nitrogens is 2. The molecule has 0 fully saturated rings. The number of carboxylic acids is 1. The predicted octanol–water partition coefficient (Wildman–Crippen LogP) is 3.30. The van der Waals surface area contributed by atoms with Crippen molar-refractivity contribution < 1.29 is 14.7 Å². The van der Waals surface area contributed by atoms with Gasteiger partial charge in [-0.3, -0.25) is 9.48 Å². The van der Waals surface area contributed by atoms with Crippen molar-refractivity contribution in [3.8, 4) is 11.3 Å². The Kier molecular flexibility index (Phi) is 5.04. The largest absolute Gasteiger partial charge is 0.479 e.